The van der Waals surface area contributed by atoms with Crippen LogP contribution >= 0.6 is 37.2 Å². The number of halogens is 3. The molecule has 0 unspecified atom stereocenters. The molecule has 0 spiro atoms. The molecule has 200 valence electrons. The molecule has 0 aromatic heterocycles. The van der Waals surface area contributed by atoms with Crippen LogP contribution < -0.4 is 16.8 Å². The van der Waals surface area contributed by atoms with Crippen molar-refractivity contribution in [3.63, 3.8) is 0 Å². The van der Waals surface area contributed by atoms with Crippen molar-refractivity contribution < 1.29 is 8.42 Å². The molecular weight excluding hydrogens is 539 g/mol. The van der Waals surface area contributed by atoms with Gasteiger partial charge in [0.1, 0.15) is 0 Å². The van der Waals surface area contributed by atoms with E-state index in [0.29, 0.717) is 37.5 Å². The Morgan fingerprint density at radius 1 is 0.667 bits per heavy atom. The molecule has 0 atom stereocenters. The number of nitrogens with zero attached hydrogens (tertiary/aromatic N) is 1. The van der Waals surface area contributed by atoms with Crippen LogP contribution in [-0.4, -0.2) is 52.0 Å². The van der Waals surface area contributed by atoms with Crippen LogP contribution in [0.15, 0.2) is 59.5 Å². The SMILES string of the molecule is Cl.Cl.Cl.NCCCNCCCCN(CCCN)S(=O)(=O)c1ccc2ccc3cccc4ccc1c2c34. The average molecular weight is 576 g/mol. The highest BCUT2D eigenvalue weighted by Crippen LogP contribution is 2.38. The predicted molar refractivity (Wildman–Crippen MR) is 160 cm³/mol. The molecule has 0 heterocycles. The lowest BCUT2D eigenvalue weighted by atomic mass is 9.94. The van der Waals surface area contributed by atoms with Crippen molar-refractivity contribution in [3.05, 3.63) is 54.6 Å². The van der Waals surface area contributed by atoms with Crippen molar-refractivity contribution >= 4 is 79.6 Å². The molecule has 6 nitrogen and oxygen atoms in total. The van der Waals surface area contributed by atoms with Crippen LogP contribution in [0.5, 0.6) is 0 Å². The maximum atomic E-state index is 13.8. The van der Waals surface area contributed by atoms with Gasteiger partial charge in [0.15, 0.2) is 0 Å². The molecule has 36 heavy (non-hydrogen) atoms. The van der Waals surface area contributed by atoms with Crippen LogP contribution in [-0.2, 0) is 10.0 Å². The largest absolute Gasteiger partial charge is 0.330 e. The average Bonchev–Trinajstić information content (AvgIpc) is 2.83. The molecule has 0 fully saturated rings. The molecule has 0 bridgehead atoms. The van der Waals surface area contributed by atoms with Crippen LogP contribution in [0.1, 0.15) is 25.7 Å². The maximum absolute atomic E-state index is 13.8. The topological polar surface area (TPSA) is 101 Å². The Kier molecular flexibility index (Phi) is 13.7. The van der Waals surface area contributed by atoms with Gasteiger partial charge in [0.2, 0.25) is 10.0 Å². The highest BCUT2D eigenvalue weighted by Gasteiger charge is 2.26. The Labute approximate surface area is 232 Å². The lowest BCUT2D eigenvalue weighted by molar-refractivity contribution is 0.394. The summed E-state index contributed by atoms with van der Waals surface area (Å²) in [4.78, 5) is 0.381. The number of nitrogens with two attached hydrogens (primary N) is 2. The van der Waals surface area contributed by atoms with Crippen molar-refractivity contribution in [2.75, 3.05) is 39.3 Å². The van der Waals surface area contributed by atoms with Gasteiger partial charge < -0.3 is 16.8 Å². The summed E-state index contributed by atoms with van der Waals surface area (Å²) < 4.78 is 29.3. The maximum Gasteiger partial charge on any atom is 0.243 e. The minimum Gasteiger partial charge on any atom is -0.330 e. The summed E-state index contributed by atoms with van der Waals surface area (Å²) >= 11 is 0. The first-order chi connectivity index (χ1) is 16.1. The van der Waals surface area contributed by atoms with Crippen molar-refractivity contribution in [1.82, 2.24) is 9.62 Å². The zero-order valence-electron chi connectivity index (χ0n) is 20.3. The summed E-state index contributed by atoms with van der Waals surface area (Å²) in [6.07, 6.45) is 3.30. The zero-order chi connectivity index (χ0) is 23.3. The van der Waals surface area contributed by atoms with Gasteiger partial charge in [-0.15, -0.1) is 37.2 Å². The summed E-state index contributed by atoms with van der Waals surface area (Å²) in [5, 5.41) is 9.61. The number of benzene rings is 4. The van der Waals surface area contributed by atoms with Gasteiger partial charge in [-0.2, -0.15) is 4.31 Å². The van der Waals surface area contributed by atoms with Gasteiger partial charge in [0, 0.05) is 18.5 Å². The first-order valence-electron chi connectivity index (χ1n) is 11.9. The third-order valence-corrected chi connectivity index (χ3v) is 8.24. The molecule has 5 N–H and O–H groups in total. The Bertz CT molecular complexity index is 1310. The van der Waals surface area contributed by atoms with E-state index < -0.39 is 10.0 Å². The number of hydrogen-bond acceptors (Lipinski definition) is 5. The van der Waals surface area contributed by atoms with Gasteiger partial charge in [-0.1, -0.05) is 48.5 Å². The number of unbranched alkanes of at least 4 members (excludes halogenated alkanes) is 1. The summed E-state index contributed by atoms with van der Waals surface area (Å²) in [6, 6.07) is 18.1. The molecular formula is C26H37Cl3N4O2S. The smallest absolute Gasteiger partial charge is 0.243 e. The Morgan fingerprint density at radius 2 is 1.22 bits per heavy atom. The number of rotatable bonds is 13. The second-order valence-electron chi connectivity index (χ2n) is 8.57. The predicted octanol–water partition coefficient (Wildman–Crippen LogP) is 4.91. The Hall–Kier alpha value is -1.42. The monoisotopic (exact) mass is 574 g/mol. The van der Waals surface area contributed by atoms with Gasteiger partial charge in [0.05, 0.1) is 4.90 Å². The summed E-state index contributed by atoms with van der Waals surface area (Å²) in [5.74, 6) is 0. The highest BCUT2D eigenvalue weighted by molar-refractivity contribution is 7.89. The summed E-state index contributed by atoms with van der Waals surface area (Å²) in [6.45, 7) is 3.82. The van der Waals surface area contributed by atoms with Gasteiger partial charge in [-0.05, 0) is 84.9 Å². The fourth-order valence-electron chi connectivity index (χ4n) is 4.58. The van der Waals surface area contributed by atoms with E-state index in [-0.39, 0.29) is 37.2 Å². The quantitative estimate of drug-likeness (QED) is 0.155. The third-order valence-electron chi connectivity index (χ3n) is 6.29. The van der Waals surface area contributed by atoms with E-state index in [0.717, 1.165) is 64.7 Å². The van der Waals surface area contributed by atoms with Crippen molar-refractivity contribution in [2.24, 2.45) is 11.5 Å². The standard InChI is InChI=1S/C26H34N4O2S.3ClH/c27-14-4-17-29-16-1-2-18-30(19-5-15-28)33(31,32)24-13-11-22-9-8-20-6-3-7-21-10-12-23(24)26(22)25(20)21;;;/h3,6-13,29H,1-2,4-5,14-19,27-28H2;3*1H. The van der Waals surface area contributed by atoms with Crippen LogP contribution in [0, 0.1) is 0 Å². The lowest BCUT2D eigenvalue weighted by Gasteiger charge is -2.23. The summed E-state index contributed by atoms with van der Waals surface area (Å²) in [7, 11) is -3.66. The van der Waals surface area contributed by atoms with E-state index in [2.05, 4.69) is 29.6 Å². The van der Waals surface area contributed by atoms with Crippen LogP contribution in [0.3, 0.4) is 0 Å². The van der Waals surface area contributed by atoms with E-state index in [1.165, 1.54) is 0 Å². The first kappa shape index (κ1) is 32.6. The van der Waals surface area contributed by atoms with E-state index >= 15 is 0 Å². The molecule has 0 aliphatic carbocycles. The van der Waals surface area contributed by atoms with E-state index in [4.69, 9.17) is 11.5 Å². The molecule has 0 aliphatic heterocycles. The van der Waals surface area contributed by atoms with Gasteiger partial charge in [-0.3, -0.25) is 0 Å². The molecule has 4 aromatic carbocycles. The number of hydrogen-bond donors (Lipinski definition) is 3. The normalized spacial score (nSPS) is 11.5. The first-order valence-corrected chi connectivity index (χ1v) is 13.3. The summed E-state index contributed by atoms with van der Waals surface area (Å²) in [5.41, 5.74) is 11.3. The number of nitrogens with one attached hydrogen (secondary N) is 1. The van der Waals surface area contributed by atoms with Crippen molar-refractivity contribution in [1.29, 1.82) is 0 Å². The van der Waals surface area contributed by atoms with Gasteiger partial charge >= 0.3 is 0 Å². The fourth-order valence-corrected chi connectivity index (χ4v) is 6.29. The molecule has 0 aliphatic rings. The van der Waals surface area contributed by atoms with Crippen LogP contribution in [0.25, 0.3) is 32.3 Å². The minimum absolute atomic E-state index is 0. The van der Waals surface area contributed by atoms with Gasteiger partial charge in [-0.25, -0.2) is 8.42 Å². The molecule has 4 aromatic rings. The molecule has 0 saturated heterocycles. The van der Waals surface area contributed by atoms with Crippen molar-refractivity contribution in [2.45, 2.75) is 30.6 Å². The van der Waals surface area contributed by atoms with E-state index in [9.17, 15) is 8.42 Å². The third kappa shape index (κ3) is 6.91. The highest BCUT2D eigenvalue weighted by atomic mass is 35.5. The fraction of sp³-hybridized carbons (Fsp3) is 0.385. The molecule has 4 rings (SSSR count). The van der Waals surface area contributed by atoms with E-state index in [1.807, 2.05) is 24.3 Å². The van der Waals surface area contributed by atoms with Crippen molar-refractivity contribution in [3.8, 4) is 0 Å². The Balaban J connectivity index is 0.00000216. The van der Waals surface area contributed by atoms with Crippen LogP contribution in [0.4, 0.5) is 0 Å². The second kappa shape index (κ2) is 15.1. The number of sulfonamides is 1. The Morgan fingerprint density at radius 3 is 1.89 bits per heavy atom. The molecule has 0 radical (unpaired) electrons. The van der Waals surface area contributed by atoms with E-state index in [1.54, 1.807) is 10.4 Å². The zero-order valence-corrected chi connectivity index (χ0v) is 23.6. The lowest BCUT2D eigenvalue weighted by Crippen LogP contribution is -2.34. The molecule has 0 amide bonds. The second-order valence-corrected chi connectivity index (χ2v) is 10.5. The van der Waals surface area contributed by atoms with Crippen LogP contribution in [0.2, 0.25) is 0 Å². The van der Waals surface area contributed by atoms with Gasteiger partial charge in [0.25, 0.3) is 0 Å². The molecule has 0 saturated carbocycles. The minimum atomic E-state index is -3.66. The molecule has 10 heteroatoms.